The first-order chi connectivity index (χ1) is 30.0. The van der Waals surface area contributed by atoms with Gasteiger partial charge in [0.1, 0.15) is 6.10 Å². The molecule has 1 amide bonds. The van der Waals surface area contributed by atoms with Gasteiger partial charge in [-0.05, 0) is 83.5 Å². The first kappa shape index (κ1) is 58.3. The highest BCUT2D eigenvalue weighted by molar-refractivity contribution is 5.77. The fourth-order valence-electron chi connectivity index (χ4n) is 7.45. The van der Waals surface area contributed by atoms with Gasteiger partial charge in [0.25, 0.3) is 0 Å². The zero-order chi connectivity index (χ0) is 44.5. The lowest BCUT2D eigenvalue weighted by atomic mass is 10.0. The second kappa shape index (κ2) is 48.3. The van der Waals surface area contributed by atoms with Gasteiger partial charge in [0.2, 0.25) is 5.91 Å². The Bertz CT molecular complexity index is 1140. The van der Waals surface area contributed by atoms with Crippen molar-refractivity contribution in [2.24, 2.45) is 0 Å². The van der Waals surface area contributed by atoms with Gasteiger partial charge >= 0.3 is 5.97 Å². The third-order valence-electron chi connectivity index (χ3n) is 11.3. The summed E-state index contributed by atoms with van der Waals surface area (Å²) in [4.78, 5) is 26.1. The van der Waals surface area contributed by atoms with Crippen molar-refractivity contribution in [3.05, 3.63) is 72.9 Å². The predicted octanol–water partition coefficient (Wildman–Crippen LogP) is 15.4. The van der Waals surface area contributed by atoms with Crippen LogP contribution in [0.3, 0.4) is 0 Å². The molecule has 0 radical (unpaired) electrons. The molecule has 0 aromatic heterocycles. The van der Waals surface area contributed by atoms with E-state index < -0.39 is 18.2 Å². The number of nitrogens with one attached hydrogen (secondary N) is 1. The highest BCUT2D eigenvalue weighted by Crippen LogP contribution is 2.17. The highest BCUT2D eigenvalue weighted by Gasteiger charge is 2.24. The van der Waals surface area contributed by atoms with Gasteiger partial charge in [-0.25, -0.2) is 0 Å². The van der Waals surface area contributed by atoms with E-state index in [-0.39, 0.29) is 24.9 Å². The Morgan fingerprint density at radius 3 is 1.48 bits per heavy atom. The third kappa shape index (κ3) is 43.7. The van der Waals surface area contributed by atoms with E-state index in [2.05, 4.69) is 99.0 Å². The largest absolute Gasteiger partial charge is 0.462 e. The number of esters is 1. The van der Waals surface area contributed by atoms with Crippen LogP contribution in [-0.2, 0) is 14.3 Å². The molecule has 0 fully saturated rings. The second-order valence-electron chi connectivity index (χ2n) is 17.2. The van der Waals surface area contributed by atoms with Crippen LogP contribution in [0.5, 0.6) is 0 Å². The van der Waals surface area contributed by atoms with E-state index in [1.807, 2.05) is 0 Å². The number of unbranched alkanes of at least 4 members (excludes halogenated alkanes) is 23. The fraction of sp³-hybridized carbons (Fsp3) is 0.745. The summed E-state index contributed by atoms with van der Waals surface area (Å²) in [5.74, 6) is -0.521. The molecule has 0 aromatic carbocycles. The van der Waals surface area contributed by atoms with E-state index in [1.54, 1.807) is 0 Å². The number of allylic oxidation sites excluding steroid dienone is 12. The van der Waals surface area contributed by atoms with Gasteiger partial charge in [-0.1, -0.05) is 216 Å². The topological polar surface area (TPSA) is 95.9 Å². The number of carbonyl (C=O) groups is 2. The van der Waals surface area contributed by atoms with Gasteiger partial charge in [-0.2, -0.15) is 0 Å². The maximum atomic E-state index is 13.2. The molecule has 61 heavy (non-hydrogen) atoms. The van der Waals surface area contributed by atoms with Gasteiger partial charge in [0.05, 0.1) is 25.2 Å². The van der Waals surface area contributed by atoms with Gasteiger partial charge in [0, 0.05) is 6.42 Å². The quantitative estimate of drug-likeness (QED) is 0.0245. The minimum absolute atomic E-state index is 0.0514. The van der Waals surface area contributed by atoms with Crippen molar-refractivity contribution in [1.82, 2.24) is 5.32 Å². The lowest BCUT2D eigenvalue weighted by Gasteiger charge is -2.24. The van der Waals surface area contributed by atoms with Crippen LogP contribution in [0.25, 0.3) is 0 Å². The van der Waals surface area contributed by atoms with Gasteiger partial charge in [-0.15, -0.1) is 0 Å². The number of aliphatic hydroxyl groups is 2. The van der Waals surface area contributed by atoms with Crippen LogP contribution in [0.4, 0.5) is 0 Å². The molecule has 3 unspecified atom stereocenters. The average molecular weight is 852 g/mol. The lowest BCUT2D eigenvalue weighted by molar-refractivity contribution is -0.151. The number of aliphatic hydroxyl groups excluding tert-OH is 2. The monoisotopic (exact) mass is 852 g/mol. The van der Waals surface area contributed by atoms with Crippen molar-refractivity contribution in [2.45, 2.75) is 257 Å². The normalized spacial score (nSPS) is 13.9. The molecule has 6 nitrogen and oxygen atoms in total. The van der Waals surface area contributed by atoms with E-state index in [1.165, 1.54) is 83.5 Å². The summed E-state index contributed by atoms with van der Waals surface area (Å²) >= 11 is 0. The number of carbonyl (C=O) groups excluding carboxylic acids is 2. The van der Waals surface area contributed by atoms with Crippen LogP contribution < -0.4 is 5.32 Å². The Morgan fingerprint density at radius 2 is 0.951 bits per heavy atom. The predicted molar refractivity (Wildman–Crippen MR) is 264 cm³/mol. The molecular weight excluding hydrogens is 755 g/mol. The Labute approximate surface area is 377 Å². The van der Waals surface area contributed by atoms with Crippen LogP contribution in [0.2, 0.25) is 0 Å². The van der Waals surface area contributed by atoms with Gasteiger partial charge < -0.3 is 20.3 Å². The smallest absolute Gasteiger partial charge is 0.306 e. The summed E-state index contributed by atoms with van der Waals surface area (Å²) in [6.45, 7) is 6.33. The second-order valence-corrected chi connectivity index (χ2v) is 17.2. The molecule has 0 saturated carbocycles. The number of hydrogen-bond donors (Lipinski definition) is 3. The summed E-state index contributed by atoms with van der Waals surface area (Å²) < 4.78 is 5.92. The van der Waals surface area contributed by atoms with Crippen LogP contribution in [0.15, 0.2) is 72.9 Å². The van der Waals surface area contributed by atoms with Crippen molar-refractivity contribution < 1.29 is 24.5 Å². The maximum absolute atomic E-state index is 13.2. The third-order valence-corrected chi connectivity index (χ3v) is 11.3. The molecule has 0 aliphatic rings. The van der Waals surface area contributed by atoms with Crippen LogP contribution >= 0.6 is 0 Å². The van der Waals surface area contributed by atoms with E-state index >= 15 is 0 Å². The van der Waals surface area contributed by atoms with Gasteiger partial charge in [-0.3, -0.25) is 9.59 Å². The standard InChI is InChI=1S/C55H97NO5/c1-4-7-10-13-16-19-22-24-26-27-28-29-31-33-36-39-42-45-48-55(60)61-51(46-43-40-37-34-32-30-25-23-20-17-14-11-8-5-2)49-54(59)56-52(50-57)53(58)47-44-41-38-35-21-18-15-12-9-6-3/h8,11,17,20,22,24-30,51-53,57-58H,4-7,9-10,12-16,18-19,21,23,31-50H2,1-3H3,(H,56,59)/b11-8+,20-17+,24-22+,27-26+,29-28+,30-25+. The molecule has 0 spiro atoms. The van der Waals surface area contributed by atoms with Crippen molar-refractivity contribution in [3.63, 3.8) is 0 Å². The number of rotatable bonds is 45. The minimum atomic E-state index is -0.799. The molecule has 0 heterocycles. The summed E-state index contributed by atoms with van der Waals surface area (Å²) in [6, 6.07) is -0.715. The molecule has 3 atom stereocenters. The van der Waals surface area contributed by atoms with E-state index in [9.17, 15) is 19.8 Å². The number of ether oxygens (including phenoxy) is 1. The molecule has 0 rings (SSSR count). The SMILES string of the molecule is CC/C=C/C/C=C/C/C=C/CCCCCCC(CC(=O)NC(CO)C(O)CCCCCCCCCCCC)OC(=O)CCCCCCC/C=C/C=C/C=C/CCCCCCC. The number of hydrogen-bond acceptors (Lipinski definition) is 5. The minimum Gasteiger partial charge on any atom is -0.462 e. The van der Waals surface area contributed by atoms with E-state index in [4.69, 9.17) is 4.74 Å². The highest BCUT2D eigenvalue weighted by atomic mass is 16.5. The first-order valence-corrected chi connectivity index (χ1v) is 25.7. The van der Waals surface area contributed by atoms with Crippen LogP contribution in [0.1, 0.15) is 239 Å². The Hall–Kier alpha value is -2.70. The van der Waals surface area contributed by atoms with E-state index in [0.29, 0.717) is 19.3 Å². The van der Waals surface area contributed by atoms with Crippen molar-refractivity contribution in [1.29, 1.82) is 0 Å². The zero-order valence-corrected chi connectivity index (χ0v) is 40.0. The summed E-state index contributed by atoms with van der Waals surface area (Å²) in [5, 5.41) is 23.7. The maximum Gasteiger partial charge on any atom is 0.306 e. The van der Waals surface area contributed by atoms with Crippen molar-refractivity contribution in [2.75, 3.05) is 6.61 Å². The molecule has 3 N–H and O–H groups in total. The Kier molecular flexibility index (Phi) is 46.2. The Morgan fingerprint density at radius 1 is 0.508 bits per heavy atom. The lowest BCUT2D eigenvalue weighted by Crippen LogP contribution is -2.46. The van der Waals surface area contributed by atoms with E-state index in [0.717, 1.165) is 109 Å². The molecule has 352 valence electrons. The fourth-order valence-corrected chi connectivity index (χ4v) is 7.45. The molecule has 6 heteroatoms. The zero-order valence-electron chi connectivity index (χ0n) is 40.0. The molecule has 0 bridgehead atoms. The van der Waals surface area contributed by atoms with Crippen LogP contribution in [0, 0.1) is 0 Å². The average Bonchev–Trinajstić information content (AvgIpc) is 3.25. The molecule has 0 saturated heterocycles. The van der Waals surface area contributed by atoms with Crippen LogP contribution in [-0.4, -0.2) is 46.9 Å². The molecular formula is C55H97NO5. The summed E-state index contributed by atoms with van der Waals surface area (Å²) in [7, 11) is 0. The van der Waals surface area contributed by atoms with Gasteiger partial charge in [0.15, 0.2) is 0 Å². The molecule has 0 aliphatic heterocycles. The number of amides is 1. The first-order valence-electron chi connectivity index (χ1n) is 25.7. The van der Waals surface area contributed by atoms with Crippen molar-refractivity contribution in [3.8, 4) is 0 Å². The summed E-state index contributed by atoms with van der Waals surface area (Å²) in [5.41, 5.74) is 0. The van der Waals surface area contributed by atoms with Crippen molar-refractivity contribution >= 4 is 11.9 Å². The molecule has 0 aromatic rings. The Balaban J connectivity index is 4.65. The molecule has 0 aliphatic carbocycles. The summed E-state index contributed by atoms with van der Waals surface area (Å²) in [6.07, 6.45) is 61.0.